The zero-order chi connectivity index (χ0) is 19.9. The molecule has 3 rings (SSSR count). The first-order chi connectivity index (χ1) is 13.6. The van der Waals surface area contributed by atoms with Crippen LogP contribution in [0, 0.1) is 12.8 Å². The van der Waals surface area contributed by atoms with Crippen LogP contribution in [0.15, 0.2) is 54.9 Å². The van der Waals surface area contributed by atoms with E-state index in [1.54, 1.807) is 11.8 Å². The normalized spacial score (nSPS) is 14.3. The van der Waals surface area contributed by atoms with Gasteiger partial charge >= 0.3 is 0 Å². The Morgan fingerprint density at radius 1 is 1.36 bits per heavy atom. The van der Waals surface area contributed by atoms with Crippen LogP contribution in [-0.2, 0) is 10.5 Å². The number of aromatic nitrogens is 2. The van der Waals surface area contributed by atoms with Gasteiger partial charge in [-0.05, 0) is 37.8 Å². The van der Waals surface area contributed by atoms with Gasteiger partial charge in [0.05, 0.1) is 29.8 Å². The van der Waals surface area contributed by atoms with Crippen molar-refractivity contribution < 1.29 is 4.79 Å². The number of allylic oxidation sites excluding steroid dienone is 2. The van der Waals surface area contributed by atoms with Crippen molar-refractivity contribution in [3.8, 4) is 0 Å². The standard InChI is InChI=1S/C22H28N4OS/c1-4-25(21-14-26(24-18(21)3)20-11-8-12-23-13-20)22(27)17(2)15-28-16-19-9-6-5-7-10-19/h5-12,14,17,23H,4,13,15-16H2,1-3H3. The Labute approximate surface area is 171 Å². The third kappa shape index (κ3) is 4.87. The summed E-state index contributed by atoms with van der Waals surface area (Å²) in [5.74, 6) is 1.84. The highest BCUT2D eigenvalue weighted by molar-refractivity contribution is 7.98. The van der Waals surface area contributed by atoms with E-state index in [2.05, 4.69) is 34.7 Å². The van der Waals surface area contributed by atoms with Gasteiger partial charge in [-0.2, -0.15) is 16.9 Å². The maximum absolute atomic E-state index is 13.1. The van der Waals surface area contributed by atoms with Gasteiger partial charge in [0, 0.05) is 24.0 Å². The number of benzene rings is 1. The number of dihydropyridines is 1. The van der Waals surface area contributed by atoms with E-state index >= 15 is 0 Å². The van der Waals surface area contributed by atoms with Crippen molar-refractivity contribution in [3.05, 3.63) is 66.1 Å². The Morgan fingerprint density at radius 3 is 2.82 bits per heavy atom. The van der Waals surface area contributed by atoms with E-state index in [0.29, 0.717) is 6.54 Å². The van der Waals surface area contributed by atoms with Gasteiger partial charge in [-0.1, -0.05) is 37.3 Å². The molecule has 1 unspecified atom stereocenters. The third-order valence-corrected chi connectivity index (χ3v) is 6.00. The van der Waals surface area contributed by atoms with Gasteiger partial charge in [0.1, 0.15) is 0 Å². The number of anilines is 1. The van der Waals surface area contributed by atoms with Crippen molar-refractivity contribution in [1.29, 1.82) is 0 Å². The Bertz CT molecular complexity index is 857. The van der Waals surface area contributed by atoms with E-state index in [0.717, 1.165) is 35.1 Å². The Balaban J connectivity index is 1.65. The number of nitrogens with zero attached hydrogens (tertiary/aromatic N) is 3. The molecule has 2 aromatic rings. The molecule has 1 amide bonds. The lowest BCUT2D eigenvalue weighted by molar-refractivity contribution is -0.121. The highest BCUT2D eigenvalue weighted by Gasteiger charge is 2.24. The highest BCUT2D eigenvalue weighted by atomic mass is 32.2. The Morgan fingerprint density at radius 2 is 2.14 bits per heavy atom. The first-order valence-electron chi connectivity index (χ1n) is 9.69. The third-order valence-electron chi connectivity index (χ3n) is 4.73. The summed E-state index contributed by atoms with van der Waals surface area (Å²) in [5.41, 5.74) is 4.12. The number of nitrogens with one attached hydrogen (secondary N) is 1. The fourth-order valence-electron chi connectivity index (χ4n) is 3.18. The van der Waals surface area contributed by atoms with Gasteiger partial charge < -0.3 is 10.2 Å². The number of amides is 1. The molecule has 0 saturated carbocycles. The van der Waals surface area contributed by atoms with Crippen molar-refractivity contribution in [1.82, 2.24) is 15.1 Å². The Kier molecular flexibility index (Phi) is 6.98. The van der Waals surface area contributed by atoms with Gasteiger partial charge in [-0.25, -0.2) is 4.68 Å². The average molecular weight is 397 g/mol. The fourth-order valence-corrected chi connectivity index (χ4v) is 4.22. The fraction of sp³-hybridized carbons (Fsp3) is 0.364. The molecule has 0 radical (unpaired) electrons. The molecule has 0 spiro atoms. The lowest BCUT2D eigenvalue weighted by atomic mass is 10.1. The molecule has 0 aliphatic carbocycles. The van der Waals surface area contributed by atoms with Crippen molar-refractivity contribution in [2.45, 2.75) is 26.5 Å². The van der Waals surface area contributed by atoms with Gasteiger partial charge in [0.15, 0.2) is 0 Å². The van der Waals surface area contributed by atoms with E-state index in [9.17, 15) is 4.79 Å². The maximum Gasteiger partial charge on any atom is 0.230 e. The van der Waals surface area contributed by atoms with E-state index in [-0.39, 0.29) is 11.8 Å². The molecule has 1 aromatic carbocycles. The number of carbonyl (C=O) groups is 1. The number of aryl methyl sites for hydroxylation is 1. The minimum absolute atomic E-state index is 0.0464. The second-order valence-corrected chi connectivity index (χ2v) is 7.96. The first-order valence-corrected chi connectivity index (χ1v) is 10.8. The molecule has 28 heavy (non-hydrogen) atoms. The largest absolute Gasteiger partial charge is 0.385 e. The molecule has 0 fully saturated rings. The summed E-state index contributed by atoms with van der Waals surface area (Å²) >= 11 is 1.80. The summed E-state index contributed by atoms with van der Waals surface area (Å²) in [4.78, 5) is 15.0. The number of rotatable bonds is 8. The van der Waals surface area contributed by atoms with Crippen molar-refractivity contribution >= 4 is 29.1 Å². The lowest BCUT2D eigenvalue weighted by Gasteiger charge is -2.23. The molecule has 1 aromatic heterocycles. The zero-order valence-electron chi connectivity index (χ0n) is 16.8. The Hall–Kier alpha value is -2.47. The van der Waals surface area contributed by atoms with E-state index in [1.807, 2.05) is 61.0 Å². The van der Waals surface area contributed by atoms with Crippen LogP contribution >= 0.6 is 11.8 Å². The number of thioether (sulfide) groups is 1. The topological polar surface area (TPSA) is 50.2 Å². The maximum atomic E-state index is 13.1. The minimum atomic E-state index is -0.0464. The van der Waals surface area contributed by atoms with Crippen LogP contribution in [0.25, 0.3) is 5.70 Å². The molecule has 148 valence electrons. The summed E-state index contributed by atoms with van der Waals surface area (Å²) in [6, 6.07) is 10.4. The lowest BCUT2D eigenvalue weighted by Crippen LogP contribution is -2.36. The van der Waals surface area contributed by atoms with Crippen molar-refractivity contribution in [3.63, 3.8) is 0 Å². The molecular weight excluding hydrogens is 368 g/mol. The monoisotopic (exact) mass is 396 g/mol. The first kappa shape index (κ1) is 20.3. The number of carbonyl (C=O) groups excluding carboxylic acids is 1. The predicted octanol–water partition coefficient (Wildman–Crippen LogP) is 4.07. The van der Waals surface area contributed by atoms with Crippen LogP contribution in [0.4, 0.5) is 5.69 Å². The molecule has 1 atom stereocenters. The quantitative estimate of drug-likeness (QED) is 0.731. The van der Waals surface area contributed by atoms with Crippen molar-refractivity contribution in [2.24, 2.45) is 5.92 Å². The molecule has 5 nitrogen and oxygen atoms in total. The van der Waals surface area contributed by atoms with Crippen LogP contribution in [0.1, 0.15) is 25.1 Å². The summed E-state index contributed by atoms with van der Waals surface area (Å²) in [5, 5.41) is 7.81. The summed E-state index contributed by atoms with van der Waals surface area (Å²) in [7, 11) is 0. The van der Waals surface area contributed by atoms with E-state index in [1.165, 1.54) is 5.56 Å². The predicted molar refractivity (Wildman–Crippen MR) is 118 cm³/mol. The highest BCUT2D eigenvalue weighted by Crippen LogP contribution is 2.24. The molecule has 1 aliphatic heterocycles. The second kappa shape index (κ2) is 9.64. The van der Waals surface area contributed by atoms with Gasteiger partial charge in [0.25, 0.3) is 0 Å². The van der Waals surface area contributed by atoms with E-state index < -0.39 is 0 Å². The van der Waals surface area contributed by atoms with Crippen LogP contribution in [0.5, 0.6) is 0 Å². The van der Waals surface area contributed by atoms with Crippen LogP contribution in [-0.4, -0.2) is 34.5 Å². The summed E-state index contributed by atoms with van der Waals surface area (Å²) in [6.07, 6.45) is 7.88. The van der Waals surface area contributed by atoms with Gasteiger partial charge in [-0.3, -0.25) is 4.79 Å². The molecule has 1 N–H and O–H groups in total. The molecule has 0 saturated heterocycles. The van der Waals surface area contributed by atoms with Crippen LogP contribution in [0.2, 0.25) is 0 Å². The minimum Gasteiger partial charge on any atom is -0.385 e. The molecule has 0 bridgehead atoms. The number of hydrogen-bond acceptors (Lipinski definition) is 4. The second-order valence-electron chi connectivity index (χ2n) is 6.93. The molecular formula is C22H28N4OS. The van der Waals surface area contributed by atoms with Gasteiger partial charge in [-0.15, -0.1) is 0 Å². The zero-order valence-corrected chi connectivity index (χ0v) is 17.6. The van der Waals surface area contributed by atoms with Gasteiger partial charge in [0.2, 0.25) is 5.91 Å². The van der Waals surface area contributed by atoms with Crippen molar-refractivity contribution in [2.75, 3.05) is 23.7 Å². The van der Waals surface area contributed by atoms with Crippen LogP contribution < -0.4 is 10.2 Å². The van der Waals surface area contributed by atoms with E-state index in [4.69, 9.17) is 0 Å². The summed E-state index contributed by atoms with van der Waals surface area (Å²) in [6.45, 7) is 7.35. The number of hydrogen-bond donors (Lipinski definition) is 1. The van der Waals surface area contributed by atoms with Crippen LogP contribution in [0.3, 0.4) is 0 Å². The molecule has 1 aliphatic rings. The smallest absolute Gasteiger partial charge is 0.230 e. The SMILES string of the molecule is CCN(C(=O)C(C)CSCc1ccccc1)c1cn(C2=CC=CNC2)nc1C. The average Bonchev–Trinajstić information content (AvgIpc) is 3.11. The summed E-state index contributed by atoms with van der Waals surface area (Å²) < 4.78 is 1.87. The molecule has 6 heteroatoms. The molecule has 2 heterocycles.